The van der Waals surface area contributed by atoms with Crippen molar-refractivity contribution in [1.29, 1.82) is 0 Å². The topological polar surface area (TPSA) is 49.7 Å². The van der Waals surface area contributed by atoms with Crippen LogP contribution in [-0.2, 0) is 0 Å². The van der Waals surface area contributed by atoms with Gasteiger partial charge in [-0.25, -0.2) is 0 Å². The first-order valence-electron chi connectivity index (χ1n) is 5.40. The number of ether oxygens (including phenoxy) is 1. The normalized spacial score (nSPS) is 10.2. The first-order valence-corrected chi connectivity index (χ1v) is 6.56. The monoisotopic (exact) mass is 240 g/mol. The van der Waals surface area contributed by atoms with E-state index in [-0.39, 0.29) is 0 Å². The zero-order valence-corrected chi connectivity index (χ0v) is 10.2. The molecular weight excluding hydrogens is 223 g/mol. The van der Waals surface area contributed by atoms with Crippen molar-refractivity contribution in [2.24, 2.45) is 0 Å². The summed E-state index contributed by atoms with van der Waals surface area (Å²) in [6.07, 6.45) is 1.19. The van der Waals surface area contributed by atoms with Gasteiger partial charge in [-0.1, -0.05) is 19.1 Å². The summed E-state index contributed by atoms with van der Waals surface area (Å²) in [5.74, 6) is 2.92. The van der Waals surface area contributed by atoms with E-state index < -0.39 is 7.12 Å². The van der Waals surface area contributed by atoms with Crippen LogP contribution in [0.1, 0.15) is 13.3 Å². The molecule has 0 aliphatic carbocycles. The Morgan fingerprint density at radius 2 is 1.88 bits per heavy atom. The van der Waals surface area contributed by atoms with Gasteiger partial charge in [0.2, 0.25) is 0 Å². The summed E-state index contributed by atoms with van der Waals surface area (Å²) in [7, 11) is -1.41. The van der Waals surface area contributed by atoms with E-state index >= 15 is 0 Å². The summed E-state index contributed by atoms with van der Waals surface area (Å²) in [6, 6.07) is 6.80. The van der Waals surface area contributed by atoms with Crippen molar-refractivity contribution in [3.8, 4) is 5.75 Å². The summed E-state index contributed by atoms with van der Waals surface area (Å²) in [5, 5.41) is 17.8. The molecule has 1 aromatic rings. The van der Waals surface area contributed by atoms with Gasteiger partial charge in [0.15, 0.2) is 0 Å². The molecule has 0 fully saturated rings. The van der Waals surface area contributed by atoms with Crippen molar-refractivity contribution in [3.63, 3.8) is 0 Å². The molecule has 0 amide bonds. The van der Waals surface area contributed by atoms with Crippen LogP contribution in [0.2, 0.25) is 0 Å². The van der Waals surface area contributed by atoms with E-state index in [0.717, 1.165) is 11.5 Å². The summed E-state index contributed by atoms with van der Waals surface area (Å²) in [6.45, 7) is 2.85. The molecule has 0 spiro atoms. The van der Waals surface area contributed by atoms with Crippen LogP contribution in [0, 0.1) is 0 Å². The molecule has 88 valence electrons. The third kappa shape index (κ3) is 4.92. The van der Waals surface area contributed by atoms with Gasteiger partial charge in [0, 0.05) is 5.75 Å². The van der Waals surface area contributed by atoms with E-state index in [1.54, 1.807) is 24.3 Å². The predicted molar refractivity (Wildman–Crippen MR) is 69.4 cm³/mol. The Kier molecular flexibility index (Phi) is 6.37. The maximum absolute atomic E-state index is 8.90. The molecule has 1 rings (SSSR count). The summed E-state index contributed by atoms with van der Waals surface area (Å²) >= 11 is 1.88. The van der Waals surface area contributed by atoms with Crippen molar-refractivity contribution in [2.45, 2.75) is 13.3 Å². The van der Waals surface area contributed by atoms with Crippen LogP contribution in [0.3, 0.4) is 0 Å². The summed E-state index contributed by atoms with van der Waals surface area (Å²) < 4.78 is 5.50. The highest BCUT2D eigenvalue weighted by Crippen LogP contribution is 2.09. The summed E-state index contributed by atoms with van der Waals surface area (Å²) in [5.41, 5.74) is 0.479. The second-order valence-electron chi connectivity index (χ2n) is 3.40. The van der Waals surface area contributed by atoms with Crippen molar-refractivity contribution < 1.29 is 14.8 Å². The van der Waals surface area contributed by atoms with E-state index in [9.17, 15) is 0 Å². The zero-order chi connectivity index (χ0) is 11.8. The minimum Gasteiger partial charge on any atom is -0.493 e. The third-order valence-electron chi connectivity index (χ3n) is 2.02. The lowest BCUT2D eigenvalue weighted by atomic mass is 9.80. The maximum atomic E-state index is 8.90. The molecule has 0 atom stereocenters. The molecule has 0 saturated carbocycles. The van der Waals surface area contributed by atoms with Crippen LogP contribution in [-0.4, -0.2) is 35.3 Å². The molecule has 0 unspecified atom stereocenters. The molecule has 0 radical (unpaired) electrons. The SMILES string of the molecule is CCCSCCOc1ccc(B(O)O)cc1. The Morgan fingerprint density at radius 3 is 2.44 bits per heavy atom. The molecule has 16 heavy (non-hydrogen) atoms. The highest BCUT2D eigenvalue weighted by Gasteiger charge is 2.09. The van der Waals surface area contributed by atoms with Gasteiger partial charge in [-0.3, -0.25) is 0 Å². The predicted octanol–water partition coefficient (Wildman–Crippen LogP) is 0.888. The molecule has 0 aliphatic rings. The van der Waals surface area contributed by atoms with E-state index in [1.165, 1.54) is 12.2 Å². The molecule has 0 heterocycles. The van der Waals surface area contributed by atoms with Crippen molar-refractivity contribution in [2.75, 3.05) is 18.1 Å². The summed E-state index contributed by atoms with van der Waals surface area (Å²) in [4.78, 5) is 0. The second kappa shape index (κ2) is 7.60. The maximum Gasteiger partial charge on any atom is 0.488 e. The van der Waals surface area contributed by atoms with Gasteiger partial charge in [0.25, 0.3) is 0 Å². The average Bonchev–Trinajstić information content (AvgIpc) is 2.29. The minimum atomic E-state index is -1.41. The molecule has 0 bridgehead atoms. The van der Waals surface area contributed by atoms with Crippen LogP contribution in [0.25, 0.3) is 0 Å². The lowest BCUT2D eigenvalue weighted by molar-refractivity contribution is 0.344. The molecular formula is C11H17BO3S. The molecule has 5 heteroatoms. The Bertz CT molecular complexity index is 290. The molecule has 0 saturated heterocycles. The number of thioether (sulfide) groups is 1. The van der Waals surface area contributed by atoms with Crippen molar-refractivity contribution in [1.82, 2.24) is 0 Å². The Hall–Kier alpha value is -0.645. The molecule has 1 aromatic carbocycles. The number of rotatable bonds is 7. The van der Waals surface area contributed by atoms with Gasteiger partial charge in [-0.2, -0.15) is 11.8 Å². The van der Waals surface area contributed by atoms with Gasteiger partial charge in [0.1, 0.15) is 5.75 Å². The first-order chi connectivity index (χ1) is 7.74. The fourth-order valence-corrected chi connectivity index (χ4v) is 1.90. The third-order valence-corrected chi connectivity index (χ3v) is 3.18. The van der Waals surface area contributed by atoms with Crippen LogP contribution in [0.5, 0.6) is 5.75 Å². The van der Waals surface area contributed by atoms with Crippen LogP contribution in [0.4, 0.5) is 0 Å². The second-order valence-corrected chi connectivity index (χ2v) is 4.63. The lowest BCUT2D eigenvalue weighted by Crippen LogP contribution is -2.29. The largest absolute Gasteiger partial charge is 0.493 e. The van der Waals surface area contributed by atoms with Crippen LogP contribution in [0.15, 0.2) is 24.3 Å². The zero-order valence-electron chi connectivity index (χ0n) is 9.43. The highest BCUT2D eigenvalue weighted by molar-refractivity contribution is 7.99. The van der Waals surface area contributed by atoms with Crippen molar-refractivity contribution in [3.05, 3.63) is 24.3 Å². The first kappa shape index (κ1) is 13.4. The van der Waals surface area contributed by atoms with E-state index in [4.69, 9.17) is 14.8 Å². The fraction of sp³-hybridized carbons (Fsp3) is 0.455. The van der Waals surface area contributed by atoms with Gasteiger partial charge in [0.05, 0.1) is 6.61 Å². The van der Waals surface area contributed by atoms with Gasteiger partial charge in [-0.05, 0) is 29.8 Å². The van der Waals surface area contributed by atoms with E-state index in [1.807, 2.05) is 11.8 Å². The average molecular weight is 240 g/mol. The number of hydrogen-bond donors (Lipinski definition) is 2. The minimum absolute atomic E-state index is 0.479. The molecule has 2 N–H and O–H groups in total. The molecule has 0 aliphatic heterocycles. The van der Waals surface area contributed by atoms with Crippen LogP contribution >= 0.6 is 11.8 Å². The lowest BCUT2D eigenvalue weighted by Gasteiger charge is -2.06. The Balaban J connectivity index is 2.27. The fourth-order valence-electron chi connectivity index (χ4n) is 1.20. The van der Waals surface area contributed by atoms with E-state index in [0.29, 0.717) is 12.1 Å². The van der Waals surface area contributed by atoms with Gasteiger partial charge < -0.3 is 14.8 Å². The Labute approximate surface area is 101 Å². The van der Waals surface area contributed by atoms with Crippen LogP contribution < -0.4 is 10.2 Å². The van der Waals surface area contributed by atoms with Gasteiger partial charge >= 0.3 is 7.12 Å². The standard InChI is InChI=1S/C11H17BO3S/c1-2-8-16-9-7-15-11-5-3-10(4-6-11)12(13)14/h3-6,13-14H,2,7-9H2,1H3. The number of benzene rings is 1. The van der Waals surface area contributed by atoms with Crippen molar-refractivity contribution >= 4 is 24.3 Å². The highest BCUT2D eigenvalue weighted by atomic mass is 32.2. The van der Waals surface area contributed by atoms with E-state index in [2.05, 4.69) is 6.92 Å². The molecule has 3 nitrogen and oxygen atoms in total. The smallest absolute Gasteiger partial charge is 0.488 e. The van der Waals surface area contributed by atoms with Gasteiger partial charge in [-0.15, -0.1) is 0 Å². The quantitative estimate of drug-likeness (QED) is 0.549. The Morgan fingerprint density at radius 1 is 1.19 bits per heavy atom. The molecule has 0 aromatic heterocycles. The number of hydrogen-bond acceptors (Lipinski definition) is 4.